The van der Waals surface area contributed by atoms with Crippen LogP contribution in [0.25, 0.3) is 0 Å². The highest BCUT2D eigenvalue weighted by Crippen LogP contribution is 2.34. The zero-order valence-electron chi connectivity index (χ0n) is 13.5. The molecule has 1 amide bonds. The number of para-hydroxylation sites is 1. The Kier molecular flexibility index (Phi) is 7.38. The molecule has 4 nitrogen and oxygen atoms in total. The first-order valence-electron chi connectivity index (χ1n) is 7.87. The van der Waals surface area contributed by atoms with Crippen LogP contribution in [0.15, 0.2) is 42.5 Å². The highest BCUT2D eigenvalue weighted by atomic mass is 35.5. The lowest BCUT2D eigenvalue weighted by Gasteiger charge is -2.22. The van der Waals surface area contributed by atoms with Gasteiger partial charge in [0, 0.05) is 19.6 Å². The highest BCUT2D eigenvalue weighted by molar-refractivity contribution is 6.34. The molecule has 0 atom stereocenters. The molecule has 0 aliphatic carbocycles. The summed E-state index contributed by atoms with van der Waals surface area (Å²) in [6.07, 6.45) is 0.914. The fraction of sp³-hybridized carbons (Fsp3) is 0.278. The number of nitrogens with one attached hydrogen (secondary N) is 1. The monoisotopic (exact) mass is 400 g/mol. The summed E-state index contributed by atoms with van der Waals surface area (Å²) in [6, 6.07) is 12.3. The van der Waals surface area contributed by atoms with Gasteiger partial charge in [-0.2, -0.15) is 0 Å². The summed E-state index contributed by atoms with van der Waals surface area (Å²) < 4.78 is 5.88. The van der Waals surface area contributed by atoms with Gasteiger partial charge in [-0.05, 0) is 37.2 Å². The third-order valence-corrected chi connectivity index (χ3v) is 4.50. The van der Waals surface area contributed by atoms with Crippen LogP contribution in [0, 0.1) is 0 Å². The molecule has 0 aromatic heterocycles. The fourth-order valence-corrected chi connectivity index (χ4v) is 3.07. The molecule has 1 fully saturated rings. The van der Waals surface area contributed by atoms with E-state index in [1.165, 1.54) is 0 Å². The molecule has 2 aromatic carbocycles. The van der Waals surface area contributed by atoms with E-state index in [9.17, 15) is 4.79 Å². The summed E-state index contributed by atoms with van der Waals surface area (Å²) in [6.45, 7) is 3.03. The predicted octanol–water partition coefficient (Wildman–Crippen LogP) is 4.64. The third-order valence-electron chi connectivity index (χ3n) is 3.87. The molecule has 0 bridgehead atoms. The van der Waals surface area contributed by atoms with Crippen molar-refractivity contribution in [2.75, 3.05) is 26.2 Å². The molecule has 0 spiro atoms. The number of hydrogen-bond acceptors (Lipinski definition) is 3. The van der Waals surface area contributed by atoms with Crippen molar-refractivity contribution in [3.05, 3.63) is 58.1 Å². The number of rotatable bonds is 3. The van der Waals surface area contributed by atoms with Crippen LogP contribution in [-0.4, -0.2) is 37.0 Å². The van der Waals surface area contributed by atoms with Gasteiger partial charge in [0.15, 0.2) is 0 Å². The molecule has 1 N–H and O–H groups in total. The summed E-state index contributed by atoms with van der Waals surface area (Å²) in [4.78, 5) is 14.8. The Morgan fingerprint density at radius 2 is 1.68 bits per heavy atom. The minimum Gasteiger partial charge on any atom is -0.455 e. The number of halogens is 3. The molecule has 1 saturated heterocycles. The fourth-order valence-electron chi connectivity index (χ4n) is 2.65. The molecular formula is C18H19Cl3N2O2. The second kappa shape index (κ2) is 9.30. The van der Waals surface area contributed by atoms with Gasteiger partial charge in [0.05, 0.1) is 10.0 Å². The summed E-state index contributed by atoms with van der Waals surface area (Å²) in [5.74, 6) is 0.789. The predicted molar refractivity (Wildman–Crippen MR) is 104 cm³/mol. The van der Waals surface area contributed by atoms with E-state index in [1.807, 2.05) is 12.1 Å². The Bertz CT molecular complexity index is 732. The molecule has 1 aliphatic rings. The molecule has 3 rings (SSSR count). The van der Waals surface area contributed by atoms with E-state index in [-0.39, 0.29) is 18.3 Å². The van der Waals surface area contributed by atoms with Crippen LogP contribution < -0.4 is 10.1 Å². The molecule has 25 heavy (non-hydrogen) atoms. The number of benzene rings is 2. The van der Waals surface area contributed by atoms with Crippen molar-refractivity contribution in [2.24, 2.45) is 0 Å². The van der Waals surface area contributed by atoms with Crippen LogP contribution in [0.2, 0.25) is 10.0 Å². The van der Waals surface area contributed by atoms with Gasteiger partial charge in [0.1, 0.15) is 17.1 Å². The molecule has 7 heteroatoms. The van der Waals surface area contributed by atoms with Crippen molar-refractivity contribution in [2.45, 2.75) is 6.42 Å². The number of amides is 1. The molecule has 0 unspecified atom stereocenters. The molecular weight excluding hydrogens is 383 g/mol. The van der Waals surface area contributed by atoms with E-state index in [0.29, 0.717) is 40.2 Å². The van der Waals surface area contributed by atoms with Crippen LogP contribution in [0.3, 0.4) is 0 Å². The quantitative estimate of drug-likeness (QED) is 0.814. The third kappa shape index (κ3) is 4.79. The SMILES string of the molecule is Cl.O=C(c1c(Cl)cccc1Oc1ccccc1Cl)N1CCCNCC1. The lowest BCUT2D eigenvalue weighted by Crippen LogP contribution is -2.34. The average Bonchev–Trinajstić information content (AvgIpc) is 2.86. The number of carbonyl (C=O) groups is 1. The Morgan fingerprint density at radius 1 is 0.960 bits per heavy atom. The standard InChI is InChI=1S/C18H18Cl2N2O2.ClH/c19-13-5-1-2-7-15(13)24-16-8-3-6-14(20)17(16)18(23)22-11-4-9-21-10-12-22;/h1-3,5-8,21H,4,9-12H2;1H. The normalized spacial score (nSPS) is 14.4. The highest BCUT2D eigenvalue weighted by Gasteiger charge is 2.24. The molecule has 0 saturated carbocycles. The van der Waals surface area contributed by atoms with Gasteiger partial charge in [-0.25, -0.2) is 0 Å². The van der Waals surface area contributed by atoms with Gasteiger partial charge in [-0.1, -0.05) is 41.4 Å². The van der Waals surface area contributed by atoms with Crippen molar-refractivity contribution in [1.82, 2.24) is 10.2 Å². The van der Waals surface area contributed by atoms with Crippen molar-refractivity contribution < 1.29 is 9.53 Å². The largest absolute Gasteiger partial charge is 0.455 e. The zero-order chi connectivity index (χ0) is 16.9. The number of nitrogens with zero attached hydrogens (tertiary/aromatic N) is 1. The second-order valence-corrected chi connectivity index (χ2v) is 6.36. The summed E-state index contributed by atoms with van der Waals surface area (Å²) >= 11 is 12.5. The minimum absolute atomic E-state index is 0. The van der Waals surface area contributed by atoms with E-state index in [0.717, 1.165) is 19.5 Å². The Hall–Kier alpha value is -1.46. The van der Waals surface area contributed by atoms with Gasteiger partial charge in [0.2, 0.25) is 0 Å². The van der Waals surface area contributed by atoms with Crippen LogP contribution >= 0.6 is 35.6 Å². The van der Waals surface area contributed by atoms with Gasteiger partial charge in [0.25, 0.3) is 5.91 Å². The van der Waals surface area contributed by atoms with E-state index in [2.05, 4.69) is 5.32 Å². The zero-order valence-corrected chi connectivity index (χ0v) is 15.8. The lowest BCUT2D eigenvalue weighted by molar-refractivity contribution is 0.0764. The van der Waals surface area contributed by atoms with Crippen LogP contribution in [0.5, 0.6) is 11.5 Å². The topological polar surface area (TPSA) is 41.6 Å². The van der Waals surface area contributed by atoms with Crippen molar-refractivity contribution >= 4 is 41.5 Å². The van der Waals surface area contributed by atoms with Gasteiger partial charge >= 0.3 is 0 Å². The van der Waals surface area contributed by atoms with E-state index >= 15 is 0 Å². The van der Waals surface area contributed by atoms with E-state index < -0.39 is 0 Å². The number of carbonyl (C=O) groups excluding carboxylic acids is 1. The maximum atomic E-state index is 13.0. The molecule has 134 valence electrons. The first kappa shape index (κ1) is 19.9. The van der Waals surface area contributed by atoms with E-state index in [1.54, 1.807) is 35.2 Å². The summed E-state index contributed by atoms with van der Waals surface area (Å²) in [7, 11) is 0. The van der Waals surface area contributed by atoms with Crippen molar-refractivity contribution in [1.29, 1.82) is 0 Å². The second-order valence-electron chi connectivity index (χ2n) is 5.54. The average molecular weight is 402 g/mol. The molecule has 1 aliphatic heterocycles. The summed E-state index contributed by atoms with van der Waals surface area (Å²) in [5.41, 5.74) is 0.376. The van der Waals surface area contributed by atoms with Crippen LogP contribution in [-0.2, 0) is 0 Å². The van der Waals surface area contributed by atoms with Gasteiger partial charge < -0.3 is 15.0 Å². The molecule has 0 radical (unpaired) electrons. The van der Waals surface area contributed by atoms with Crippen LogP contribution in [0.4, 0.5) is 0 Å². The Balaban J connectivity index is 0.00000225. The first-order valence-corrected chi connectivity index (χ1v) is 8.63. The number of hydrogen-bond donors (Lipinski definition) is 1. The van der Waals surface area contributed by atoms with E-state index in [4.69, 9.17) is 27.9 Å². The number of ether oxygens (including phenoxy) is 1. The molecule has 1 heterocycles. The Morgan fingerprint density at radius 3 is 2.48 bits per heavy atom. The molecule has 2 aromatic rings. The van der Waals surface area contributed by atoms with Crippen molar-refractivity contribution in [3.63, 3.8) is 0 Å². The maximum Gasteiger partial charge on any atom is 0.259 e. The Labute approximate surface area is 163 Å². The van der Waals surface area contributed by atoms with Gasteiger partial charge in [-0.15, -0.1) is 12.4 Å². The minimum atomic E-state index is -0.119. The lowest BCUT2D eigenvalue weighted by atomic mass is 10.1. The van der Waals surface area contributed by atoms with Gasteiger partial charge in [-0.3, -0.25) is 4.79 Å². The van der Waals surface area contributed by atoms with Crippen LogP contribution in [0.1, 0.15) is 16.8 Å². The first-order chi connectivity index (χ1) is 11.7. The maximum absolute atomic E-state index is 13.0. The smallest absolute Gasteiger partial charge is 0.259 e. The summed E-state index contributed by atoms with van der Waals surface area (Å²) in [5, 5.41) is 4.14. The van der Waals surface area contributed by atoms with Crippen molar-refractivity contribution in [3.8, 4) is 11.5 Å².